The highest BCUT2D eigenvalue weighted by molar-refractivity contribution is 5.92. The first-order valence-corrected chi connectivity index (χ1v) is 39.2. The Balaban J connectivity index is 1.08. The zero-order chi connectivity index (χ0) is 81.2. The molecule has 652 valence electrons. The minimum atomic E-state index is -0.888. The fourth-order valence-corrected chi connectivity index (χ4v) is 9.09. The van der Waals surface area contributed by atoms with Gasteiger partial charge in [-0.1, -0.05) is 42.5 Å². The van der Waals surface area contributed by atoms with Crippen LogP contribution in [0.25, 0.3) is 11.1 Å². The number of ketones is 2. The van der Waals surface area contributed by atoms with Crippen LogP contribution in [0.4, 0.5) is 0 Å². The second-order valence-electron chi connectivity index (χ2n) is 24.2. The molecule has 0 bridgehead atoms. The van der Waals surface area contributed by atoms with Crippen LogP contribution in [0.5, 0.6) is 11.5 Å². The maximum atomic E-state index is 13.4. The summed E-state index contributed by atoms with van der Waals surface area (Å²) in [4.78, 5) is 59.8. The van der Waals surface area contributed by atoms with E-state index in [1.807, 2.05) is 42.5 Å². The predicted molar refractivity (Wildman–Crippen MR) is 411 cm³/mol. The summed E-state index contributed by atoms with van der Waals surface area (Å²) in [5.74, 6) is -1.73. The molecule has 0 amide bonds. The van der Waals surface area contributed by atoms with Crippen LogP contribution in [0.2, 0.25) is 0 Å². The number of carboxylic acid groups (broad SMARTS) is 2. The molecule has 0 fully saturated rings. The van der Waals surface area contributed by atoms with Crippen molar-refractivity contribution in [3.63, 3.8) is 0 Å². The zero-order valence-corrected chi connectivity index (χ0v) is 66.7. The number of benzene rings is 3. The van der Waals surface area contributed by atoms with E-state index in [1.165, 1.54) is 0 Å². The summed E-state index contributed by atoms with van der Waals surface area (Å²) in [6.07, 6.45) is 1.51. The van der Waals surface area contributed by atoms with Crippen molar-refractivity contribution in [1.82, 2.24) is 0 Å². The number of carboxylic acids is 2. The fraction of sp³-hybridized carbons (Fsp3) is 0.713. The summed E-state index contributed by atoms with van der Waals surface area (Å²) in [7, 11) is 0. The quantitative estimate of drug-likeness (QED) is 0.0519. The highest BCUT2D eigenvalue weighted by Gasteiger charge is 2.16. The van der Waals surface area contributed by atoms with Crippen molar-refractivity contribution in [2.24, 2.45) is 0 Å². The van der Waals surface area contributed by atoms with Crippen molar-refractivity contribution in [1.29, 1.82) is 0 Å². The number of carbonyl (C=O) groups is 5. The topological polar surface area (TPSA) is 375 Å². The molecule has 0 aliphatic heterocycles. The van der Waals surface area contributed by atoms with Crippen molar-refractivity contribution in [2.45, 2.75) is 45.1 Å². The third-order valence-electron chi connectivity index (χ3n) is 14.9. The van der Waals surface area contributed by atoms with Crippen LogP contribution in [-0.4, -0.2) is 370 Å². The molecule has 3 aromatic carbocycles. The molecule has 114 heavy (non-hydrogen) atoms. The fourth-order valence-electron chi connectivity index (χ4n) is 9.09. The molecule has 34 heteroatoms. The minimum absolute atomic E-state index is 0.0198. The van der Waals surface area contributed by atoms with Gasteiger partial charge in [0.05, 0.1) is 322 Å². The lowest BCUT2D eigenvalue weighted by molar-refractivity contribution is -0.139. The van der Waals surface area contributed by atoms with Crippen molar-refractivity contribution in [2.75, 3.05) is 330 Å². The molecule has 0 atom stereocenters. The number of hydrogen-bond donors (Lipinski definition) is 2. The van der Waals surface area contributed by atoms with E-state index in [0.29, 0.717) is 334 Å². The third-order valence-corrected chi connectivity index (χ3v) is 14.9. The molecule has 3 rings (SSSR count). The average Bonchev–Trinajstić information content (AvgIpc) is 0.822. The molecule has 0 aromatic heterocycles. The van der Waals surface area contributed by atoms with E-state index < -0.39 is 17.9 Å². The summed E-state index contributed by atoms with van der Waals surface area (Å²) in [5.41, 5.74) is 2.47. The van der Waals surface area contributed by atoms with Gasteiger partial charge in [0.15, 0.2) is 11.6 Å². The van der Waals surface area contributed by atoms with Gasteiger partial charge >= 0.3 is 17.9 Å². The summed E-state index contributed by atoms with van der Waals surface area (Å²) >= 11 is 0. The van der Waals surface area contributed by atoms with Gasteiger partial charge < -0.3 is 138 Å². The number of esters is 1. The van der Waals surface area contributed by atoms with Gasteiger partial charge in [-0.3, -0.25) is 19.2 Å². The minimum Gasteiger partial charge on any atom is -0.486 e. The van der Waals surface area contributed by atoms with Crippen LogP contribution < -0.4 is 9.47 Å². The Morgan fingerprint density at radius 1 is 0.237 bits per heavy atom. The van der Waals surface area contributed by atoms with E-state index in [4.69, 9.17) is 138 Å². The molecular weight excluding hydrogens is 1500 g/mol. The number of rotatable bonds is 90. The van der Waals surface area contributed by atoms with Gasteiger partial charge in [-0.15, -0.1) is 0 Å². The zero-order valence-electron chi connectivity index (χ0n) is 66.7. The number of carbonyl (C=O) groups excluding carboxylic acids is 3. The summed E-state index contributed by atoms with van der Waals surface area (Å²) < 4.78 is 149. The first-order valence-electron chi connectivity index (χ1n) is 39.2. The third kappa shape index (κ3) is 68.1. The predicted octanol–water partition coefficient (Wildman–Crippen LogP) is 5.51. The second-order valence-corrected chi connectivity index (χ2v) is 24.2. The van der Waals surface area contributed by atoms with Gasteiger partial charge in [-0.2, -0.15) is 0 Å². The van der Waals surface area contributed by atoms with Gasteiger partial charge in [-0.05, 0) is 59.9 Å². The molecule has 34 nitrogen and oxygen atoms in total. The van der Waals surface area contributed by atoms with Crippen molar-refractivity contribution in [3.8, 4) is 22.6 Å². The lowest BCUT2D eigenvalue weighted by Gasteiger charge is -2.12. The first-order chi connectivity index (χ1) is 56.2. The first kappa shape index (κ1) is 102. The number of aliphatic carboxylic acids is 2. The van der Waals surface area contributed by atoms with Crippen LogP contribution in [0.1, 0.15) is 54.4 Å². The van der Waals surface area contributed by atoms with E-state index in [2.05, 4.69) is 0 Å². The van der Waals surface area contributed by atoms with Gasteiger partial charge in [0.25, 0.3) is 0 Å². The Labute approximate surface area is 671 Å². The SMILES string of the molecule is O=C(O)CCOCCOCCOCCOCCOCCOCCOCCOCCOCCOCCOCCOCCCC(=O)COc1ccc(-c2cc(OCC(=O)CCCOCCOCCOCCOCCOCCOCCOCCOCCOCCOCCOCCOCCC(=O)O)cc(C(=O)OCc3ccccc3)c2)cc1. The van der Waals surface area contributed by atoms with E-state index in [9.17, 15) is 24.0 Å². The van der Waals surface area contributed by atoms with Crippen LogP contribution in [0, 0.1) is 0 Å². The Kier molecular flexibility index (Phi) is 71.3. The Hall–Kier alpha value is -5.95. The van der Waals surface area contributed by atoms with Crippen LogP contribution in [0.15, 0.2) is 72.8 Å². The monoisotopic (exact) mass is 1630 g/mol. The smallest absolute Gasteiger partial charge is 0.338 e. The standard InChI is InChI=1S/C80H128O34/c81-74(8-4-16-88-20-24-92-28-32-96-36-40-100-44-48-104-52-56-108-60-62-110-58-54-106-50-46-102-42-38-98-34-30-94-26-22-90-18-14-78(83)84)68-112-76-12-10-71(11-13-76)72-64-73(80(87)114-67-70-6-2-1-3-7-70)66-77(65-72)113-69-75(82)9-5-17-89-21-25-93-29-33-97-37-41-101-45-49-105-53-57-109-61-63-111-59-55-107-51-47-103-43-39-99-35-31-95-27-23-91-19-15-79(85)86/h1-3,6-7,10-13,64-66H,4-5,8-9,14-63,67-69H2,(H,83,84)(H,85,86). The molecule has 2 N–H and O–H groups in total. The number of Topliss-reactive ketones (excluding diaryl/α,β-unsaturated/α-hetero) is 2. The Bertz CT molecular complexity index is 2680. The van der Waals surface area contributed by atoms with E-state index in [1.54, 1.807) is 30.3 Å². The molecule has 0 saturated carbocycles. The summed E-state index contributed by atoms with van der Waals surface area (Å²) in [6, 6.07) is 21.5. The number of hydrogen-bond acceptors (Lipinski definition) is 32. The lowest BCUT2D eigenvalue weighted by Crippen LogP contribution is -2.15. The highest BCUT2D eigenvalue weighted by atomic mass is 16.6. The molecule has 0 aliphatic rings. The Morgan fingerprint density at radius 3 is 0.746 bits per heavy atom. The molecule has 0 heterocycles. The molecule has 0 aliphatic carbocycles. The molecule has 0 spiro atoms. The van der Waals surface area contributed by atoms with Gasteiger partial charge in [-0.25, -0.2) is 4.79 Å². The summed E-state index contributed by atoms with van der Waals surface area (Å²) in [5, 5.41) is 17.1. The van der Waals surface area contributed by atoms with E-state index in [-0.39, 0.29) is 75.8 Å². The highest BCUT2D eigenvalue weighted by Crippen LogP contribution is 2.29. The van der Waals surface area contributed by atoms with Crippen LogP contribution >= 0.6 is 0 Å². The Morgan fingerprint density at radius 2 is 0.482 bits per heavy atom. The maximum absolute atomic E-state index is 13.4. The molecular formula is C80H128O34. The van der Waals surface area contributed by atoms with Gasteiger partial charge in [0, 0.05) is 26.1 Å². The molecule has 3 aromatic rings. The second kappa shape index (κ2) is 79.5. The van der Waals surface area contributed by atoms with Crippen molar-refractivity contribution >= 4 is 29.5 Å². The largest absolute Gasteiger partial charge is 0.486 e. The molecule has 0 unspecified atom stereocenters. The number of ether oxygens (including phenoxy) is 27. The van der Waals surface area contributed by atoms with Crippen molar-refractivity contribution in [3.05, 3.63) is 83.9 Å². The normalized spacial score (nSPS) is 11.4. The molecule has 0 radical (unpaired) electrons. The molecule has 0 saturated heterocycles. The van der Waals surface area contributed by atoms with Crippen LogP contribution in [-0.2, 0) is 144 Å². The van der Waals surface area contributed by atoms with Gasteiger partial charge in [0.2, 0.25) is 0 Å². The van der Waals surface area contributed by atoms with Crippen LogP contribution in [0.3, 0.4) is 0 Å². The summed E-state index contributed by atoms with van der Waals surface area (Å²) in [6.45, 7) is 19.7. The lowest BCUT2D eigenvalue weighted by atomic mass is 10.0. The van der Waals surface area contributed by atoms with Crippen molar-refractivity contribution < 1.29 is 162 Å². The van der Waals surface area contributed by atoms with E-state index in [0.717, 1.165) is 11.1 Å². The average molecular weight is 1630 g/mol. The van der Waals surface area contributed by atoms with Gasteiger partial charge in [0.1, 0.15) is 31.3 Å². The van der Waals surface area contributed by atoms with E-state index >= 15 is 0 Å². The maximum Gasteiger partial charge on any atom is 0.338 e.